The standard InChI is InChI=1S/C14H12BrNO3/c1-9-2-3-13(12(4-9)14(17)18)19-8-10-5-11(15)7-16-6-10/h2-7H,8H2,1H3,(H,17,18). The molecule has 1 heterocycles. The van der Waals surface area contributed by atoms with Crippen LogP contribution in [0.2, 0.25) is 0 Å². The number of ether oxygens (including phenoxy) is 1. The number of aryl methyl sites for hydroxylation is 1. The molecule has 0 fully saturated rings. The minimum atomic E-state index is -0.994. The highest BCUT2D eigenvalue weighted by atomic mass is 79.9. The van der Waals surface area contributed by atoms with Crippen LogP contribution in [0, 0.1) is 6.92 Å². The molecule has 2 rings (SSSR count). The van der Waals surface area contributed by atoms with Crippen LogP contribution in [0.25, 0.3) is 0 Å². The fourth-order valence-corrected chi connectivity index (χ4v) is 2.04. The van der Waals surface area contributed by atoms with Crippen LogP contribution in [0.1, 0.15) is 21.5 Å². The van der Waals surface area contributed by atoms with E-state index < -0.39 is 5.97 Å². The molecule has 0 spiro atoms. The number of pyridine rings is 1. The zero-order valence-corrected chi connectivity index (χ0v) is 11.8. The molecule has 0 radical (unpaired) electrons. The van der Waals surface area contributed by atoms with E-state index in [9.17, 15) is 4.79 Å². The van der Waals surface area contributed by atoms with Crippen LogP contribution in [0.3, 0.4) is 0 Å². The molecule has 0 unspecified atom stereocenters. The molecule has 98 valence electrons. The minimum Gasteiger partial charge on any atom is -0.488 e. The molecule has 4 nitrogen and oxygen atoms in total. The largest absolute Gasteiger partial charge is 0.488 e. The highest BCUT2D eigenvalue weighted by Gasteiger charge is 2.11. The van der Waals surface area contributed by atoms with Crippen LogP contribution in [0.15, 0.2) is 41.1 Å². The summed E-state index contributed by atoms with van der Waals surface area (Å²) in [5.41, 5.74) is 1.92. The van der Waals surface area contributed by atoms with Gasteiger partial charge in [0.1, 0.15) is 17.9 Å². The number of hydrogen-bond donors (Lipinski definition) is 1. The van der Waals surface area contributed by atoms with Gasteiger partial charge in [-0.2, -0.15) is 0 Å². The van der Waals surface area contributed by atoms with Gasteiger partial charge in [-0.3, -0.25) is 4.98 Å². The number of halogens is 1. The zero-order valence-electron chi connectivity index (χ0n) is 10.3. The van der Waals surface area contributed by atoms with Crippen molar-refractivity contribution in [3.05, 3.63) is 57.8 Å². The van der Waals surface area contributed by atoms with Crippen molar-refractivity contribution in [1.82, 2.24) is 4.98 Å². The molecule has 1 aromatic heterocycles. The van der Waals surface area contributed by atoms with E-state index in [-0.39, 0.29) is 12.2 Å². The van der Waals surface area contributed by atoms with E-state index >= 15 is 0 Å². The fourth-order valence-electron chi connectivity index (χ4n) is 1.63. The van der Waals surface area contributed by atoms with Crippen molar-refractivity contribution in [1.29, 1.82) is 0 Å². The van der Waals surface area contributed by atoms with E-state index in [2.05, 4.69) is 20.9 Å². The lowest BCUT2D eigenvalue weighted by Crippen LogP contribution is -2.04. The summed E-state index contributed by atoms with van der Waals surface area (Å²) in [6, 6.07) is 6.96. The number of aromatic nitrogens is 1. The first-order chi connectivity index (χ1) is 9.06. The Morgan fingerprint density at radius 1 is 1.37 bits per heavy atom. The van der Waals surface area contributed by atoms with Crippen molar-refractivity contribution in [2.24, 2.45) is 0 Å². The lowest BCUT2D eigenvalue weighted by molar-refractivity contribution is 0.0691. The number of carbonyl (C=O) groups is 1. The van der Waals surface area contributed by atoms with Gasteiger partial charge in [0.25, 0.3) is 0 Å². The summed E-state index contributed by atoms with van der Waals surface area (Å²) in [4.78, 5) is 15.2. The van der Waals surface area contributed by atoms with Crippen molar-refractivity contribution >= 4 is 21.9 Å². The molecule has 0 atom stereocenters. The van der Waals surface area contributed by atoms with E-state index in [1.807, 2.05) is 19.1 Å². The number of hydrogen-bond acceptors (Lipinski definition) is 3. The first kappa shape index (κ1) is 13.5. The predicted molar refractivity (Wildman–Crippen MR) is 74.4 cm³/mol. The molecule has 0 amide bonds. The lowest BCUT2D eigenvalue weighted by atomic mass is 10.1. The Labute approximate surface area is 119 Å². The van der Waals surface area contributed by atoms with Gasteiger partial charge in [0, 0.05) is 22.4 Å². The molecule has 0 saturated carbocycles. The Bertz CT molecular complexity index is 613. The Balaban J connectivity index is 2.17. The van der Waals surface area contributed by atoms with Crippen molar-refractivity contribution in [2.75, 3.05) is 0 Å². The van der Waals surface area contributed by atoms with Gasteiger partial charge < -0.3 is 9.84 Å². The molecule has 0 saturated heterocycles. The Kier molecular flexibility index (Phi) is 4.16. The van der Waals surface area contributed by atoms with Crippen LogP contribution in [-0.2, 0) is 6.61 Å². The van der Waals surface area contributed by atoms with Crippen LogP contribution >= 0.6 is 15.9 Å². The molecule has 0 aliphatic carbocycles. The second kappa shape index (κ2) is 5.84. The molecule has 2 aromatic rings. The quantitative estimate of drug-likeness (QED) is 0.937. The first-order valence-corrected chi connectivity index (χ1v) is 6.42. The third-order valence-corrected chi connectivity index (χ3v) is 2.95. The minimum absolute atomic E-state index is 0.169. The van der Waals surface area contributed by atoms with Crippen LogP contribution < -0.4 is 4.74 Å². The highest BCUT2D eigenvalue weighted by molar-refractivity contribution is 9.10. The van der Waals surface area contributed by atoms with Crippen molar-refractivity contribution in [2.45, 2.75) is 13.5 Å². The van der Waals surface area contributed by atoms with Crippen LogP contribution in [0.4, 0.5) is 0 Å². The summed E-state index contributed by atoms with van der Waals surface area (Å²) in [7, 11) is 0. The average Bonchev–Trinajstić information content (AvgIpc) is 2.37. The summed E-state index contributed by atoms with van der Waals surface area (Å²) in [5.74, 6) is -0.635. The van der Waals surface area contributed by atoms with Gasteiger partial charge in [-0.05, 0) is 41.1 Å². The number of nitrogens with zero attached hydrogens (tertiary/aromatic N) is 1. The SMILES string of the molecule is Cc1ccc(OCc2cncc(Br)c2)c(C(=O)O)c1. The number of carboxylic acid groups (broad SMARTS) is 1. The van der Waals surface area contributed by atoms with Crippen molar-refractivity contribution < 1.29 is 14.6 Å². The van der Waals surface area contributed by atoms with Crippen LogP contribution in [-0.4, -0.2) is 16.1 Å². The second-order valence-electron chi connectivity index (χ2n) is 4.10. The van der Waals surface area contributed by atoms with Crippen molar-refractivity contribution in [3.63, 3.8) is 0 Å². The monoisotopic (exact) mass is 321 g/mol. The third kappa shape index (κ3) is 3.54. The van der Waals surface area contributed by atoms with Gasteiger partial charge >= 0.3 is 5.97 Å². The zero-order chi connectivity index (χ0) is 13.8. The summed E-state index contributed by atoms with van der Waals surface area (Å²) >= 11 is 3.32. The molecule has 0 aliphatic heterocycles. The molecule has 0 bridgehead atoms. The van der Waals surface area contributed by atoms with E-state index in [1.165, 1.54) is 0 Å². The molecular formula is C14H12BrNO3. The van der Waals surface area contributed by atoms with Gasteiger partial charge in [0.05, 0.1) is 0 Å². The molecule has 1 aromatic carbocycles. The average molecular weight is 322 g/mol. The van der Waals surface area contributed by atoms with Gasteiger partial charge in [0.15, 0.2) is 0 Å². The van der Waals surface area contributed by atoms with E-state index in [0.29, 0.717) is 5.75 Å². The lowest BCUT2D eigenvalue weighted by Gasteiger charge is -2.10. The summed E-state index contributed by atoms with van der Waals surface area (Å²) < 4.78 is 6.41. The summed E-state index contributed by atoms with van der Waals surface area (Å²) in [6.45, 7) is 2.12. The Hall–Kier alpha value is -1.88. The van der Waals surface area contributed by atoms with Crippen molar-refractivity contribution in [3.8, 4) is 5.75 Å². The van der Waals surface area contributed by atoms with E-state index in [1.54, 1.807) is 24.5 Å². The maximum atomic E-state index is 11.1. The van der Waals surface area contributed by atoms with Gasteiger partial charge in [-0.1, -0.05) is 11.6 Å². The third-order valence-electron chi connectivity index (χ3n) is 2.52. The van der Waals surface area contributed by atoms with E-state index in [4.69, 9.17) is 9.84 Å². The highest BCUT2D eigenvalue weighted by Crippen LogP contribution is 2.21. The maximum absolute atomic E-state index is 11.1. The molecule has 19 heavy (non-hydrogen) atoms. The van der Waals surface area contributed by atoms with Crippen LogP contribution in [0.5, 0.6) is 5.75 Å². The van der Waals surface area contributed by atoms with E-state index in [0.717, 1.165) is 15.6 Å². The Morgan fingerprint density at radius 3 is 2.84 bits per heavy atom. The topological polar surface area (TPSA) is 59.4 Å². The molecule has 0 aliphatic rings. The smallest absolute Gasteiger partial charge is 0.339 e. The summed E-state index contributed by atoms with van der Waals surface area (Å²) in [5, 5.41) is 9.13. The first-order valence-electron chi connectivity index (χ1n) is 5.62. The number of aromatic carboxylic acids is 1. The predicted octanol–water partition coefficient (Wildman–Crippen LogP) is 3.43. The molecule has 5 heteroatoms. The number of benzene rings is 1. The molecular weight excluding hydrogens is 310 g/mol. The normalized spacial score (nSPS) is 10.2. The second-order valence-corrected chi connectivity index (χ2v) is 5.02. The number of carboxylic acids is 1. The molecule has 1 N–H and O–H groups in total. The van der Waals surface area contributed by atoms with Gasteiger partial charge in [-0.15, -0.1) is 0 Å². The van der Waals surface area contributed by atoms with Gasteiger partial charge in [0.2, 0.25) is 0 Å². The summed E-state index contributed by atoms with van der Waals surface area (Å²) in [6.07, 6.45) is 3.36. The maximum Gasteiger partial charge on any atom is 0.339 e. The Morgan fingerprint density at radius 2 is 2.16 bits per heavy atom. The fraction of sp³-hybridized carbons (Fsp3) is 0.143. The van der Waals surface area contributed by atoms with Gasteiger partial charge in [-0.25, -0.2) is 4.79 Å². The number of rotatable bonds is 4.